The van der Waals surface area contributed by atoms with Gasteiger partial charge in [0.05, 0.1) is 11.1 Å². The Morgan fingerprint density at radius 1 is 1.31 bits per heavy atom. The Morgan fingerprint density at radius 2 is 2.12 bits per heavy atom. The number of halogens is 2. The third-order valence-electron chi connectivity index (χ3n) is 3.11. The molecule has 0 saturated heterocycles. The summed E-state index contributed by atoms with van der Waals surface area (Å²) in [6, 6.07) is 4.19. The van der Waals surface area contributed by atoms with Crippen LogP contribution in [0.4, 0.5) is 4.39 Å². The lowest BCUT2D eigenvalue weighted by Crippen LogP contribution is -2.28. The molecule has 1 unspecified atom stereocenters. The van der Waals surface area contributed by atoms with E-state index < -0.39 is 0 Å². The van der Waals surface area contributed by atoms with Gasteiger partial charge in [-0.25, -0.2) is 4.39 Å². The first kappa shape index (κ1) is 10.5. The second kappa shape index (κ2) is 4.00. The van der Waals surface area contributed by atoms with Crippen molar-refractivity contribution in [1.82, 2.24) is 5.32 Å². The van der Waals surface area contributed by atoms with Crippen molar-refractivity contribution in [3.05, 3.63) is 28.0 Å². The lowest BCUT2D eigenvalue weighted by Gasteiger charge is -2.27. The molecule has 1 aliphatic heterocycles. The Kier molecular flexibility index (Phi) is 2.64. The van der Waals surface area contributed by atoms with Gasteiger partial charge in [0.2, 0.25) is 0 Å². The van der Waals surface area contributed by atoms with E-state index in [0.29, 0.717) is 17.1 Å². The van der Waals surface area contributed by atoms with E-state index >= 15 is 0 Å². The van der Waals surface area contributed by atoms with Crippen LogP contribution < -0.4 is 10.1 Å². The molecule has 4 heteroatoms. The number of ether oxygens (including phenoxy) is 1. The van der Waals surface area contributed by atoms with Gasteiger partial charge in [-0.2, -0.15) is 0 Å². The zero-order chi connectivity index (χ0) is 11.1. The van der Waals surface area contributed by atoms with Crippen molar-refractivity contribution in [2.45, 2.75) is 31.3 Å². The first-order valence-corrected chi connectivity index (χ1v) is 6.41. The second-order valence-corrected chi connectivity index (χ2v) is 5.29. The van der Waals surface area contributed by atoms with Crippen LogP contribution in [-0.4, -0.2) is 12.6 Å². The number of hydrogen-bond acceptors (Lipinski definition) is 2. The molecule has 0 radical (unpaired) electrons. The molecule has 1 saturated carbocycles. The zero-order valence-electron chi connectivity index (χ0n) is 8.80. The summed E-state index contributed by atoms with van der Waals surface area (Å²) in [5.41, 5.74) is 0.957. The van der Waals surface area contributed by atoms with Crippen molar-refractivity contribution in [2.24, 2.45) is 0 Å². The quantitative estimate of drug-likeness (QED) is 0.901. The van der Waals surface area contributed by atoms with E-state index in [2.05, 4.69) is 21.2 Å². The fourth-order valence-electron chi connectivity index (χ4n) is 2.09. The average molecular weight is 286 g/mol. The number of rotatable bonds is 2. The van der Waals surface area contributed by atoms with E-state index in [0.717, 1.165) is 17.7 Å². The molecule has 1 atom stereocenters. The molecule has 86 valence electrons. The van der Waals surface area contributed by atoms with Crippen LogP contribution in [0.15, 0.2) is 16.6 Å². The van der Waals surface area contributed by atoms with Gasteiger partial charge in [0, 0.05) is 24.1 Å². The normalized spacial score (nSPS) is 23.8. The van der Waals surface area contributed by atoms with Gasteiger partial charge in [0.25, 0.3) is 0 Å². The number of fused-ring (bicyclic) bond motifs is 1. The molecule has 3 rings (SSSR count). The first-order chi connectivity index (χ1) is 7.74. The number of nitrogens with one attached hydrogen (secondary N) is 1. The highest BCUT2D eigenvalue weighted by atomic mass is 79.9. The maximum absolute atomic E-state index is 13.5. The summed E-state index contributed by atoms with van der Waals surface area (Å²) < 4.78 is 19.5. The maximum atomic E-state index is 13.5. The topological polar surface area (TPSA) is 21.3 Å². The highest BCUT2D eigenvalue weighted by Crippen LogP contribution is 2.37. The van der Waals surface area contributed by atoms with Gasteiger partial charge < -0.3 is 10.1 Å². The third kappa shape index (κ3) is 1.96. The summed E-state index contributed by atoms with van der Waals surface area (Å²) in [5, 5.41) is 3.53. The van der Waals surface area contributed by atoms with Gasteiger partial charge in [-0.15, -0.1) is 0 Å². The summed E-state index contributed by atoms with van der Waals surface area (Å²) in [5.74, 6) is 0.588. The summed E-state index contributed by atoms with van der Waals surface area (Å²) in [7, 11) is 0. The predicted octanol–water partition coefficient (Wildman–Crippen LogP) is 3.16. The van der Waals surface area contributed by atoms with Crippen LogP contribution in [0.5, 0.6) is 5.75 Å². The first-order valence-electron chi connectivity index (χ1n) is 5.62. The van der Waals surface area contributed by atoms with Crippen molar-refractivity contribution < 1.29 is 9.13 Å². The van der Waals surface area contributed by atoms with Gasteiger partial charge in [-0.3, -0.25) is 0 Å². The molecule has 1 N–H and O–H groups in total. The lowest BCUT2D eigenvalue weighted by molar-refractivity contribution is 0.251. The van der Waals surface area contributed by atoms with Gasteiger partial charge in [-0.1, -0.05) is 0 Å². The highest BCUT2D eigenvalue weighted by molar-refractivity contribution is 9.10. The van der Waals surface area contributed by atoms with Gasteiger partial charge in [0.1, 0.15) is 11.6 Å². The second-order valence-electron chi connectivity index (χ2n) is 4.43. The van der Waals surface area contributed by atoms with Crippen LogP contribution in [0.2, 0.25) is 0 Å². The molecule has 16 heavy (non-hydrogen) atoms. The van der Waals surface area contributed by atoms with Gasteiger partial charge in [-0.05, 0) is 40.9 Å². The molecule has 1 aliphatic carbocycles. The van der Waals surface area contributed by atoms with Crippen molar-refractivity contribution in [1.29, 1.82) is 0 Å². The SMILES string of the molecule is Fc1cc2c(cc1Br)OCCC2NC1CC1. The predicted molar refractivity (Wildman–Crippen MR) is 63.1 cm³/mol. The minimum absolute atomic E-state index is 0.216. The summed E-state index contributed by atoms with van der Waals surface area (Å²) in [6.45, 7) is 0.704. The smallest absolute Gasteiger partial charge is 0.137 e. The Labute approximate surface area is 102 Å². The minimum Gasteiger partial charge on any atom is -0.493 e. The molecule has 2 nitrogen and oxygen atoms in total. The van der Waals surface area contributed by atoms with Crippen LogP contribution in [0.3, 0.4) is 0 Å². The molecule has 2 aliphatic rings. The van der Waals surface area contributed by atoms with Gasteiger partial charge >= 0.3 is 0 Å². The molecular formula is C12H13BrFNO. The maximum Gasteiger partial charge on any atom is 0.137 e. The Hall–Kier alpha value is -0.610. The Bertz CT molecular complexity index is 420. The van der Waals surface area contributed by atoms with Crippen LogP contribution in [0.25, 0.3) is 0 Å². The summed E-state index contributed by atoms with van der Waals surface area (Å²) >= 11 is 3.18. The van der Waals surface area contributed by atoms with Crippen molar-refractivity contribution in [3.63, 3.8) is 0 Å². The van der Waals surface area contributed by atoms with Crippen LogP contribution >= 0.6 is 15.9 Å². The molecule has 1 fully saturated rings. The number of hydrogen-bond donors (Lipinski definition) is 1. The molecule has 1 heterocycles. The van der Waals surface area contributed by atoms with Crippen molar-refractivity contribution in [3.8, 4) is 5.75 Å². The molecule has 0 amide bonds. The molecule has 1 aromatic carbocycles. The minimum atomic E-state index is -0.216. The molecular weight excluding hydrogens is 273 g/mol. The molecule has 0 aromatic heterocycles. The standard InChI is InChI=1S/C12H13BrFNO/c13-9-6-12-8(5-10(9)14)11(3-4-16-12)15-7-1-2-7/h5-7,11,15H,1-4H2. The summed E-state index contributed by atoms with van der Waals surface area (Å²) in [4.78, 5) is 0. The average Bonchev–Trinajstić information content (AvgIpc) is 3.05. The van der Waals surface area contributed by atoms with E-state index in [1.54, 1.807) is 12.1 Å². The van der Waals surface area contributed by atoms with Crippen LogP contribution in [0, 0.1) is 5.82 Å². The number of benzene rings is 1. The highest BCUT2D eigenvalue weighted by Gasteiger charge is 2.29. The van der Waals surface area contributed by atoms with Crippen molar-refractivity contribution in [2.75, 3.05) is 6.61 Å². The lowest BCUT2D eigenvalue weighted by atomic mass is 10.0. The monoisotopic (exact) mass is 285 g/mol. The molecule has 0 bridgehead atoms. The largest absolute Gasteiger partial charge is 0.493 e. The zero-order valence-corrected chi connectivity index (χ0v) is 10.4. The summed E-state index contributed by atoms with van der Waals surface area (Å²) in [6.07, 6.45) is 3.40. The molecule has 0 spiro atoms. The van der Waals surface area contributed by atoms with E-state index in [-0.39, 0.29) is 11.9 Å². The van der Waals surface area contributed by atoms with E-state index in [4.69, 9.17) is 4.74 Å². The molecule has 1 aromatic rings. The van der Waals surface area contributed by atoms with E-state index in [9.17, 15) is 4.39 Å². The van der Waals surface area contributed by atoms with Crippen molar-refractivity contribution >= 4 is 15.9 Å². The Morgan fingerprint density at radius 3 is 2.88 bits per heavy atom. The fourth-order valence-corrected chi connectivity index (χ4v) is 2.41. The van der Waals surface area contributed by atoms with Crippen LogP contribution in [-0.2, 0) is 0 Å². The van der Waals surface area contributed by atoms with E-state index in [1.165, 1.54) is 12.8 Å². The third-order valence-corrected chi connectivity index (χ3v) is 3.71. The Balaban J connectivity index is 1.93. The fraction of sp³-hybridized carbons (Fsp3) is 0.500. The van der Waals surface area contributed by atoms with Gasteiger partial charge in [0.15, 0.2) is 0 Å². The van der Waals surface area contributed by atoms with Crippen LogP contribution in [0.1, 0.15) is 30.9 Å². The van der Waals surface area contributed by atoms with E-state index in [1.807, 2.05) is 0 Å².